The Kier molecular flexibility index (Phi) is 6.82. The second kappa shape index (κ2) is 9.30. The third-order valence-corrected chi connectivity index (χ3v) is 5.70. The maximum absolute atomic E-state index is 12.3. The molecule has 0 spiro atoms. The van der Waals surface area contributed by atoms with Crippen molar-refractivity contribution in [1.29, 1.82) is 0 Å². The average Bonchev–Trinajstić information content (AvgIpc) is 2.69. The highest BCUT2D eigenvalue weighted by Crippen LogP contribution is 2.18. The number of rotatable bonds is 4. The first-order chi connectivity index (χ1) is 13.1. The second-order valence-corrected chi connectivity index (χ2v) is 7.79. The van der Waals surface area contributed by atoms with Crippen molar-refractivity contribution >= 4 is 50.5 Å². The number of nitrogens with zero attached hydrogens (tertiary/aromatic N) is 1. The highest BCUT2D eigenvalue weighted by molar-refractivity contribution is 9.10. The molecular weight excluding hydrogens is 424 g/mol. The largest absolute Gasteiger partial charge is 0.360 e. The van der Waals surface area contributed by atoms with E-state index in [-0.39, 0.29) is 11.0 Å². The molecule has 0 aromatic heterocycles. The van der Waals surface area contributed by atoms with E-state index in [1.807, 2.05) is 30.3 Å². The Morgan fingerprint density at radius 2 is 1.81 bits per heavy atom. The Morgan fingerprint density at radius 1 is 1.15 bits per heavy atom. The summed E-state index contributed by atoms with van der Waals surface area (Å²) < 4.78 is 0.736. The van der Waals surface area contributed by atoms with E-state index >= 15 is 0 Å². The summed E-state index contributed by atoms with van der Waals surface area (Å²) in [6.07, 6.45) is 0. The van der Waals surface area contributed by atoms with Crippen molar-refractivity contribution in [3.05, 3.63) is 58.6 Å². The third-order valence-electron chi connectivity index (χ3n) is 4.81. The van der Waals surface area contributed by atoms with E-state index < -0.39 is 0 Å². The van der Waals surface area contributed by atoms with Crippen LogP contribution in [-0.2, 0) is 0 Å². The first-order valence-corrected chi connectivity index (χ1v) is 10.3. The zero-order chi connectivity index (χ0) is 19.2. The minimum absolute atomic E-state index is 0.243. The number of hydrogen-bond acceptors (Lipinski definition) is 3. The molecule has 3 N–H and O–H groups in total. The molecule has 1 heterocycles. The van der Waals surface area contributed by atoms with Crippen LogP contribution >= 0.6 is 28.1 Å². The van der Waals surface area contributed by atoms with Gasteiger partial charge in [0, 0.05) is 15.8 Å². The average molecular weight is 448 g/mol. The topological polar surface area (TPSA) is 48.8 Å². The van der Waals surface area contributed by atoms with Crippen LogP contribution in [0.5, 0.6) is 0 Å². The molecule has 0 bridgehead atoms. The Balaban J connectivity index is 1.54. The quantitative estimate of drug-likeness (QED) is 0.629. The smallest absolute Gasteiger partial charge is 0.258 e. The summed E-state index contributed by atoms with van der Waals surface area (Å²) >= 11 is 8.65. The molecule has 2 aromatic rings. The standard InChI is InChI=1S/C20H23BrN4OS/c1-2-24-11-13-25(14-12-24)16-9-7-15(8-10-16)22-20(27)23-19(26)17-5-3-4-6-18(17)21/h3-10H,2,11-14H2,1H3,(H2,22,23,26,27)/p+1. The number of carbonyl (C=O) groups is 1. The fourth-order valence-electron chi connectivity index (χ4n) is 3.17. The van der Waals surface area contributed by atoms with Crippen LogP contribution in [0.1, 0.15) is 17.3 Å². The van der Waals surface area contributed by atoms with Gasteiger partial charge >= 0.3 is 0 Å². The number of likely N-dealkylation sites (N-methyl/N-ethyl adjacent to an activating group) is 1. The van der Waals surface area contributed by atoms with E-state index in [0.717, 1.165) is 23.2 Å². The molecule has 1 fully saturated rings. The van der Waals surface area contributed by atoms with Gasteiger partial charge in [-0.1, -0.05) is 12.1 Å². The van der Waals surface area contributed by atoms with Crippen LogP contribution in [0, 0.1) is 0 Å². The van der Waals surface area contributed by atoms with Gasteiger partial charge in [-0.3, -0.25) is 10.1 Å². The fraction of sp³-hybridized carbons (Fsp3) is 0.300. The molecule has 0 saturated carbocycles. The van der Waals surface area contributed by atoms with Crippen LogP contribution in [-0.4, -0.2) is 43.7 Å². The molecule has 1 saturated heterocycles. The van der Waals surface area contributed by atoms with Crippen molar-refractivity contribution < 1.29 is 9.69 Å². The lowest BCUT2D eigenvalue weighted by Gasteiger charge is -2.33. The molecule has 5 nitrogen and oxygen atoms in total. The van der Waals surface area contributed by atoms with Gasteiger partial charge in [0.25, 0.3) is 5.91 Å². The summed E-state index contributed by atoms with van der Waals surface area (Å²) in [7, 11) is 0. The van der Waals surface area contributed by atoms with Gasteiger partial charge < -0.3 is 15.1 Å². The van der Waals surface area contributed by atoms with Gasteiger partial charge in [0.2, 0.25) is 0 Å². The van der Waals surface area contributed by atoms with Gasteiger partial charge in [0.05, 0.1) is 38.3 Å². The summed E-state index contributed by atoms with van der Waals surface area (Å²) in [5.41, 5.74) is 2.62. The Bertz CT molecular complexity index is 804. The van der Waals surface area contributed by atoms with Gasteiger partial charge in [-0.15, -0.1) is 0 Å². The van der Waals surface area contributed by atoms with E-state index in [1.54, 1.807) is 11.0 Å². The van der Waals surface area contributed by atoms with E-state index in [1.165, 1.54) is 25.3 Å². The lowest BCUT2D eigenvalue weighted by Crippen LogP contribution is -3.14. The number of benzene rings is 2. The van der Waals surface area contributed by atoms with E-state index in [2.05, 4.69) is 50.5 Å². The number of nitrogens with one attached hydrogen (secondary N) is 3. The molecule has 1 amide bonds. The molecule has 1 aliphatic heterocycles. The molecule has 27 heavy (non-hydrogen) atoms. The number of halogens is 1. The number of piperazine rings is 1. The normalized spacial score (nSPS) is 14.7. The van der Waals surface area contributed by atoms with E-state index in [9.17, 15) is 4.79 Å². The van der Waals surface area contributed by atoms with Gasteiger partial charge in [0.1, 0.15) is 0 Å². The summed E-state index contributed by atoms with van der Waals surface area (Å²) in [5.74, 6) is -0.243. The third kappa shape index (κ3) is 5.28. The zero-order valence-electron chi connectivity index (χ0n) is 15.3. The van der Waals surface area contributed by atoms with Crippen LogP contribution in [0.3, 0.4) is 0 Å². The van der Waals surface area contributed by atoms with Crippen molar-refractivity contribution in [2.24, 2.45) is 0 Å². The molecule has 0 aliphatic carbocycles. The monoisotopic (exact) mass is 447 g/mol. The molecule has 0 radical (unpaired) electrons. The summed E-state index contributed by atoms with van der Waals surface area (Å²) in [4.78, 5) is 16.4. The maximum Gasteiger partial charge on any atom is 0.258 e. The summed E-state index contributed by atoms with van der Waals surface area (Å²) in [6, 6.07) is 15.4. The molecule has 7 heteroatoms. The Hall–Kier alpha value is -1.96. The predicted molar refractivity (Wildman–Crippen MR) is 118 cm³/mol. The van der Waals surface area contributed by atoms with Gasteiger partial charge in [0.15, 0.2) is 5.11 Å². The lowest BCUT2D eigenvalue weighted by molar-refractivity contribution is -0.898. The number of amides is 1. The van der Waals surface area contributed by atoms with Gasteiger partial charge in [-0.05, 0) is 71.5 Å². The number of anilines is 2. The minimum Gasteiger partial charge on any atom is -0.360 e. The van der Waals surface area contributed by atoms with Crippen molar-refractivity contribution in [3.8, 4) is 0 Å². The first-order valence-electron chi connectivity index (χ1n) is 9.12. The van der Waals surface area contributed by atoms with Crippen molar-refractivity contribution in [2.45, 2.75) is 6.92 Å². The molecule has 3 rings (SSSR count). The van der Waals surface area contributed by atoms with Crippen LogP contribution < -0.4 is 20.4 Å². The van der Waals surface area contributed by atoms with Crippen molar-refractivity contribution in [3.63, 3.8) is 0 Å². The van der Waals surface area contributed by atoms with Crippen LogP contribution in [0.15, 0.2) is 53.0 Å². The fourth-order valence-corrected chi connectivity index (χ4v) is 3.84. The van der Waals surface area contributed by atoms with Crippen LogP contribution in [0.4, 0.5) is 11.4 Å². The second-order valence-electron chi connectivity index (χ2n) is 6.53. The molecule has 0 atom stereocenters. The van der Waals surface area contributed by atoms with Crippen molar-refractivity contribution in [1.82, 2.24) is 5.32 Å². The molecule has 1 aliphatic rings. The first kappa shape index (κ1) is 19.8. The summed E-state index contributed by atoms with van der Waals surface area (Å²) in [5, 5.41) is 6.06. The van der Waals surface area contributed by atoms with Gasteiger partial charge in [-0.25, -0.2) is 0 Å². The predicted octanol–water partition coefficient (Wildman–Crippen LogP) is 2.30. The SMILES string of the molecule is CC[NH+]1CCN(c2ccc(NC(=S)NC(=O)c3ccccc3Br)cc2)CC1. The molecule has 2 aromatic carbocycles. The number of thiocarbonyl (C=S) groups is 1. The lowest BCUT2D eigenvalue weighted by atomic mass is 10.2. The maximum atomic E-state index is 12.3. The highest BCUT2D eigenvalue weighted by Gasteiger charge is 2.18. The molecule has 142 valence electrons. The van der Waals surface area contributed by atoms with Gasteiger partial charge in [-0.2, -0.15) is 0 Å². The molecular formula is C20H24BrN4OS+. The number of carbonyl (C=O) groups excluding carboxylic acids is 1. The molecule has 0 unspecified atom stereocenters. The summed E-state index contributed by atoms with van der Waals surface area (Å²) in [6.45, 7) is 7.96. The Morgan fingerprint density at radius 3 is 2.44 bits per heavy atom. The Labute approximate surface area is 173 Å². The van der Waals surface area contributed by atoms with E-state index in [0.29, 0.717) is 5.56 Å². The highest BCUT2D eigenvalue weighted by atomic mass is 79.9. The van der Waals surface area contributed by atoms with Crippen LogP contribution in [0.2, 0.25) is 0 Å². The number of hydrogen-bond donors (Lipinski definition) is 3. The minimum atomic E-state index is -0.243. The van der Waals surface area contributed by atoms with E-state index in [4.69, 9.17) is 12.2 Å². The number of quaternary nitrogens is 1. The van der Waals surface area contributed by atoms with Crippen LogP contribution in [0.25, 0.3) is 0 Å². The van der Waals surface area contributed by atoms with Crippen molar-refractivity contribution in [2.75, 3.05) is 42.9 Å². The zero-order valence-corrected chi connectivity index (χ0v) is 17.7.